The fourth-order valence-electron chi connectivity index (χ4n) is 1.38. The lowest BCUT2D eigenvalue weighted by atomic mass is 10.1. The molecule has 0 aromatic carbocycles. The maximum Gasteiger partial charge on any atom is 0.508 e. The Kier molecular flexibility index (Phi) is 3.71. The fraction of sp³-hybridized carbons (Fsp3) is 0.889. The predicted molar refractivity (Wildman–Crippen MR) is 50.2 cm³/mol. The van der Waals surface area contributed by atoms with Gasteiger partial charge < -0.3 is 19.5 Å². The number of hydrogen-bond acceptors (Lipinski definition) is 5. The van der Waals surface area contributed by atoms with Crippen molar-refractivity contribution in [2.24, 2.45) is 0 Å². The van der Waals surface area contributed by atoms with E-state index in [0.717, 1.165) is 6.54 Å². The molecule has 0 saturated carbocycles. The van der Waals surface area contributed by atoms with E-state index in [0.29, 0.717) is 6.54 Å². The number of methoxy groups -OCH3 is 1. The summed E-state index contributed by atoms with van der Waals surface area (Å²) in [7, 11) is 1.28. The molecular weight excluding hydrogens is 186 g/mol. The third-order valence-corrected chi connectivity index (χ3v) is 1.96. The van der Waals surface area contributed by atoms with Gasteiger partial charge in [0, 0.05) is 13.1 Å². The minimum Gasteiger partial charge on any atom is -0.438 e. The molecule has 14 heavy (non-hydrogen) atoms. The Balaban J connectivity index is 2.28. The van der Waals surface area contributed by atoms with Gasteiger partial charge in [0.2, 0.25) is 0 Å². The molecule has 5 nitrogen and oxygen atoms in total. The summed E-state index contributed by atoms with van der Waals surface area (Å²) in [6, 6.07) is 0. The van der Waals surface area contributed by atoms with E-state index in [1.54, 1.807) is 0 Å². The van der Waals surface area contributed by atoms with Crippen molar-refractivity contribution >= 4 is 6.16 Å². The highest BCUT2D eigenvalue weighted by molar-refractivity contribution is 5.59. The van der Waals surface area contributed by atoms with Crippen LogP contribution in [0, 0.1) is 0 Å². The van der Waals surface area contributed by atoms with Gasteiger partial charge >= 0.3 is 6.16 Å². The van der Waals surface area contributed by atoms with Gasteiger partial charge in [-0.1, -0.05) is 0 Å². The van der Waals surface area contributed by atoms with Crippen LogP contribution >= 0.6 is 0 Å². The molecule has 1 atom stereocenters. The van der Waals surface area contributed by atoms with Crippen LogP contribution in [0.5, 0.6) is 0 Å². The summed E-state index contributed by atoms with van der Waals surface area (Å²) in [4.78, 5) is 10.7. The molecule has 1 rings (SSSR count). The third kappa shape index (κ3) is 3.51. The SMILES string of the molecule is COC(=O)OCC1CNCC(C)(C)O1. The van der Waals surface area contributed by atoms with Crippen molar-refractivity contribution in [2.75, 3.05) is 26.8 Å². The first-order valence-electron chi connectivity index (χ1n) is 4.63. The average molecular weight is 203 g/mol. The van der Waals surface area contributed by atoms with Crippen LogP contribution in [-0.2, 0) is 14.2 Å². The topological polar surface area (TPSA) is 56.8 Å². The van der Waals surface area contributed by atoms with Crippen molar-refractivity contribution in [3.05, 3.63) is 0 Å². The summed E-state index contributed by atoms with van der Waals surface area (Å²) >= 11 is 0. The van der Waals surface area contributed by atoms with Crippen molar-refractivity contribution in [2.45, 2.75) is 25.6 Å². The third-order valence-electron chi connectivity index (χ3n) is 1.96. The Hall–Kier alpha value is -0.810. The van der Waals surface area contributed by atoms with Crippen LogP contribution in [-0.4, -0.2) is 44.7 Å². The van der Waals surface area contributed by atoms with Crippen LogP contribution in [0.2, 0.25) is 0 Å². The number of carbonyl (C=O) groups is 1. The second-order valence-electron chi connectivity index (χ2n) is 3.90. The Bertz CT molecular complexity index is 205. The molecule has 1 aliphatic rings. The van der Waals surface area contributed by atoms with Crippen molar-refractivity contribution in [3.63, 3.8) is 0 Å². The summed E-state index contributed by atoms with van der Waals surface area (Å²) < 4.78 is 14.8. The lowest BCUT2D eigenvalue weighted by Crippen LogP contribution is -2.52. The molecule has 1 fully saturated rings. The second kappa shape index (κ2) is 4.61. The molecule has 0 radical (unpaired) electrons. The minimum atomic E-state index is -0.669. The van der Waals surface area contributed by atoms with E-state index < -0.39 is 6.16 Å². The number of ether oxygens (including phenoxy) is 3. The lowest BCUT2D eigenvalue weighted by Gasteiger charge is -2.36. The van der Waals surface area contributed by atoms with Gasteiger partial charge in [-0.3, -0.25) is 0 Å². The van der Waals surface area contributed by atoms with Crippen molar-refractivity contribution in [1.29, 1.82) is 0 Å². The maximum atomic E-state index is 10.7. The Labute approximate surface area is 83.7 Å². The van der Waals surface area contributed by atoms with E-state index in [1.807, 2.05) is 13.8 Å². The molecule has 1 heterocycles. The van der Waals surface area contributed by atoms with Gasteiger partial charge in [0.15, 0.2) is 0 Å². The van der Waals surface area contributed by atoms with Gasteiger partial charge in [-0.15, -0.1) is 0 Å². The standard InChI is InChI=1S/C9H17NO4/c1-9(2)6-10-4-7(14-9)5-13-8(11)12-3/h7,10H,4-6H2,1-3H3. The van der Waals surface area contributed by atoms with Gasteiger partial charge in [-0.05, 0) is 13.8 Å². The summed E-state index contributed by atoms with van der Waals surface area (Å²) in [6.07, 6.45) is -0.769. The smallest absolute Gasteiger partial charge is 0.438 e. The highest BCUT2D eigenvalue weighted by Crippen LogP contribution is 2.15. The first-order chi connectivity index (χ1) is 6.53. The summed E-state index contributed by atoms with van der Waals surface area (Å²) in [6.45, 7) is 5.71. The molecular formula is C9H17NO4. The zero-order chi connectivity index (χ0) is 10.6. The van der Waals surface area contributed by atoms with Crippen LogP contribution in [0.4, 0.5) is 4.79 Å². The van der Waals surface area contributed by atoms with Gasteiger partial charge in [-0.25, -0.2) is 4.79 Å². The number of hydrogen-bond donors (Lipinski definition) is 1. The molecule has 1 aliphatic heterocycles. The van der Waals surface area contributed by atoms with E-state index in [-0.39, 0.29) is 18.3 Å². The maximum absolute atomic E-state index is 10.7. The summed E-state index contributed by atoms with van der Waals surface area (Å²) in [5, 5.41) is 3.21. The van der Waals surface area contributed by atoms with Crippen LogP contribution in [0.15, 0.2) is 0 Å². The van der Waals surface area contributed by atoms with E-state index in [4.69, 9.17) is 9.47 Å². The Morgan fingerprint density at radius 1 is 1.64 bits per heavy atom. The van der Waals surface area contributed by atoms with Crippen LogP contribution < -0.4 is 5.32 Å². The zero-order valence-corrected chi connectivity index (χ0v) is 8.83. The molecule has 82 valence electrons. The summed E-state index contributed by atoms with van der Waals surface area (Å²) in [5.74, 6) is 0. The van der Waals surface area contributed by atoms with E-state index >= 15 is 0 Å². The molecule has 5 heteroatoms. The quantitative estimate of drug-likeness (QED) is 0.664. The molecule has 0 amide bonds. The number of morpholine rings is 1. The normalized spacial score (nSPS) is 25.5. The lowest BCUT2D eigenvalue weighted by molar-refractivity contribution is -0.114. The summed E-state index contributed by atoms with van der Waals surface area (Å²) in [5.41, 5.74) is -0.206. The number of nitrogens with one attached hydrogen (secondary N) is 1. The van der Waals surface area contributed by atoms with Gasteiger partial charge in [-0.2, -0.15) is 0 Å². The van der Waals surface area contributed by atoms with Crippen LogP contribution in [0.1, 0.15) is 13.8 Å². The molecule has 1 N–H and O–H groups in total. The first-order valence-corrected chi connectivity index (χ1v) is 4.63. The number of carbonyl (C=O) groups excluding carboxylic acids is 1. The minimum absolute atomic E-state index is 0.0992. The van der Waals surface area contributed by atoms with Crippen molar-refractivity contribution in [1.82, 2.24) is 5.32 Å². The monoisotopic (exact) mass is 203 g/mol. The highest BCUT2D eigenvalue weighted by atomic mass is 16.7. The van der Waals surface area contributed by atoms with Gasteiger partial charge in [0.1, 0.15) is 12.7 Å². The Morgan fingerprint density at radius 2 is 2.36 bits per heavy atom. The second-order valence-corrected chi connectivity index (χ2v) is 3.90. The van der Waals surface area contributed by atoms with Crippen LogP contribution in [0.3, 0.4) is 0 Å². The molecule has 0 bridgehead atoms. The van der Waals surface area contributed by atoms with E-state index in [2.05, 4.69) is 10.1 Å². The van der Waals surface area contributed by atoms with E-state index in [1.165, 1.54) is 7.11 Å². The average Bonchev–Trinajstić information content (AvgIpc) is 2.12. The molecule has 0 spiro atoms. The molecule has 1 saturated heterocycles. The van der Waals surface area contributed by atoms with Crippen molar-refractivity contribution in [3.8, 4) is 0 Å². The Morgan fingerprint density at radius 3 is 2.93 bits per heavy atom. The first kappa shape index (κ1) is 11.3. The number of rotatable bonds is 2. The largest absolute Gasteiger partial charge is 0.508 e. The molecule has 0 aromatic rings. The molecule has 0 aromatic heterocycles. The van der Waals surface area contributed by atoms with E-state index in [9.17, 15) is 4.79 Å². The van der Waals surface area contributed by atoms with Gasteiger partial charge in [0.25, 0.3) is 0 Å². The predicted octanol–water partition coefficient (Wildman–Crippen LogP) is 0.536. The van der Waals surface area contributed by atoms with Crippen LogP contribution in [0.25, 0.3) is 0 Å². The molecule has 0 aliphatic carbocycles. The highest BCUT2D eigenvalue weighted by Gasteiger charge is 2.28. The zero-order valence-electron chi connectivity index (χ0n) is 8.83. The van der Waals surface area contributed by atoms with Crippen molar-refractivity contribution < 1.29 is 19.0 Å². The molecule has 1 unspecified atom stereocenters. The fourth-order valence-corrected chi connectivity index (χ4v) is 1.38. The van der Waals surface area contributed by atoms with Gasteiger partial charge in [0.05, 0.1) is 12.7 Å².